The van der Waals surface area contributed by atoms with Crippen molar-refractivity contribution in [3.05, 3.63) is 40.4 Å². The van der Waals surface area contributed by atoms with Crippen molar-refractivity contribution < 1.29 is 4.79 Å². The molecule has 5 nitrogen and oxygen atoms in total. The first-order valence-corrected chi connectivity index (χ1v) is 6.13. The fourth-order valence-corrected chi connectivity index (χ4v) is 1.95. The highest BCUT2D eigenvalue weighted by Crippen LogP contribution is 2.24. The van der Waals surface area contributed by atoms with Crippen LogP contribution in [0.5, 0.6) is 0 Å². The highest BCUT2D eigenvalue weighted by atomic mass is 35.5. The number of carbonyl (C=O) groups excluding carboxylic acids is 1. The summed E-state index contributed by atoms with van der Waals surface area (Å²) in [7, 11) is 0. The first-order valence-electron chi connectivity index (χ1n) is 5.37. The van der Waals surface area contributed by atoms with Crippen LogP contribution >= 0.6 is 23.2 Å². The number of halogens is 2. The van der Waals surface area contributed by atoms with E-state index in [4.69, 9.17) is 23.2 Å². The second-order valence-electron chi connectivity index (χ2n) is 3.77. The quantitative estimate of drug-likeness (QED) is 0.910. The SMILES string of the molecule is CC(=O)Nc1ccc(Nc2cc(Cl)cc(Cl)c2)nn1. The first-order chi connectivity index (χ1) is 9.02. The lowest BCUT2D eigenvalue weighted by Gasteiger charge is -2.06. The van der Waals surface area contributed by atoms with Gasteiger partial charge < -0.3 is 10.6 Å². The largest absolute Gasteiger partial charge is 0.339 e. The Kier molecular flexibility index (Phi) is 4.19. The summed E-state index contributed by atoms with van der Waals surface area (Å²) >= 11 is 11.8. The molecule has 19 heavy (non-hydrogen) atoms. The molecule has 1 aromatic carbocycles. The van der Waals surface area contributed by atoms with Crippen LogP contribution in [-0.4, -0.2) is 16.1 Å². The Balaban J connectivity index is 2.12. The van der Waals surface area contributed by atoms with E-state index >= 15 is 0 Å². The summed E-state index contributed by atoms with van der Waals surface area (Å²) in [5, 5.41) is 14.4. The smallest absolute Gasteiger partial charge is 0.222 e. The lowest BCUT2D eigenvalue weighted by atomic mass is 10.3. The lowest BCUT2D eigenvalue weighted by molar-refractivity contribution is -0.114. The molecule has 0 aliphatic rings. The van der Waals surface area contributed by atoms with E-state index in [2.05, 4.69) is 20.8 Å². The average Bonchev–Trinajstić information content (AvgIpc) is 2.29. The molecule has 1 heterocycles. The maximum Gasteiger partial charge on any atom is 0.222 e. The average molecular weight is 297 g/mol. The van der Waals surface area contributed by atoms with E-state index < -0.39 is 0 Å². The molecular weight excluding hydrogens is 287 g/mol. The Hall–Kier alpha value is -1.85. The Labute approximate surface area is 119 Å². The van der Waals surface area contributed by atoms with Crippen LogP contribution in [0.4, 0.5) is 17.3 Å². The highest BCUT2D eigenvalue weighted by molar-refractivity contribution is 6.35. The fraction of sp³-hybridized carbons (Fsp3) is 0.0833. The Bertz CT molecular complexity index is 581. The van der Waals surface area contributed by atoms with Crippen molar-refractivity contribution in [1.29, 1.82) is 0 Å². The molecule has 0 fully saturated rings. The molecule has 0 atom stereocenters. The van der Waals surface area contributed by atoms with Crippen molar-refractivity contribution in [2.75, 3.05) is 10.6 Å². The molecule has 0 aliphatic carbocycles. The van der Waals surface area contributed by atoms with E-state index in [9.17, 15) is 4.79 Å². The van der Waals surface area contributed by atoms with Gasteiger partial charge in [0.15, 0.2) is 11.6 Å². The topological polar surface area (TPSA) is 66.9 Å². The second kappa shape index (κ2) is 5.86. The Morgan fingerprint density at radius 3 is 2.16 bits per heavy atom. The lowest BCUT2D eigenvalue weighted by Crippen LogP contribution is -2.08. The van der Waals surface area contributed by atoms with Gasteiger partial charge in [-0.15, -0.1) is 10.2 Å². The minimum Gasteiger partial charge on any atom is -0.339 e. The van der Waals surface area contributed by atoms with Crippen molar-refractivity contribution in [3.63, 3.8) is 0 Å². The molecule has 0 spiro atoms. The molecule has 0 unspecified atom stereocenters. The van der Waals surface area contributed by atoms with Crippen LogP contribution in [0.25, 0.3) is 0 Å². The van der Waals surface area contributed by atoms with Crippen LogP contribution in [0.3, 0.4) is 0 Å². The number of benzene rings is 1. The third-order valence-corrected chi connectivity index (χ3v) is 2.54. The van der Waals surface area contributed by atoms with Crippen LogP contribution in [0.1, 0.15) is 6.92 Å². The monoisotopic (exact) mass is 296 g/mol. The van der Waals surface area contributed by atoms with Crippen molar-refractivity contribution in [1.82, 2.24) is 10.2 Å². The number of aromatic nitrogens is 2. The summed E-state index contributed by atoms with van der Waals surface area (Å²) in [6, 6.07) is 8.41. The van der Waals surface area contributed by atoms with E-state index in [1.54, 1.807) is 30.3 Å². The van der Waals surface area contributed by atoms with Gasteiger partial charge in [0.25, 0.3) is 0 Å². The van der Waals surface area contributed by atoms with Gasteiger partial charge in [-0.25, -0.2) is 0 Å². The molecule has 2 aromatic rings. The van der Waals surface area contributed by atoms with Crippen LogP contribution in [0.2, 0.25) is 10.0 Å². The highest BCUT2D eigenvalue weighted by Gasteiger charge is 2.02. The van der Waals surface area contributed by atoms with E-state index in [1.165, 1.54) is 6.92 Å². The van der Waals surface area contributed by atoms with Gasteiger partial charge in [0.05, 0.1) is 0 Å². The van der Waals surface area contributed by atoms with Crippen molar-refractivity contribution >= 4 is 46.4 Å². The van der Waals surface area contributed by atoms with Crippen molar-refractivity contribution in [3.8, 4) is 0 Å². The number of nitrogens with zero attached hydrogens (tertiary/aromatic N) is 2. The van der Waals surface area contributed by atoms with Crippen molar-refractivity contribution in [2.24, 2.45) is 0 Å². The summed E-state index contributed by atoms with van der Waals surface area (Å²) in [6.45, 7) is 1.40. The van der Waals surface area contributed by atoms with Gasteiger partial charge in [-0.3, -0.25) is 4.79 Å². The summed E-state index contributed by atoms with van der Waals surface area (Å²) in [5.74, 6) is 0.714. The normalized spacial score (nSPS) is 10.1. The molecule has 0 bridgehead atoms. The molecule has 1 aromatic heterocycles. The Morgan fingerprint density at radius 2 is 1.63 bits per heavy atom. The van der Waals surface area contributed by atoms with Crippen LogP contribution in [0.15, 0.2) is 30.3 Å². The summed E-state index contributed by atoms with van der Waals surface area (Å²) in [4.78, 5) is 10.8. The number of anilines is 3. The zero-order chi connectivity index (χ0) is 13.8. The summed E-state index contributed by atoms with van der Waals surface area (Å²) in [5.41, 5.74) is 0.707. The zero-order valence-corrected chi connectivity index (χ0v) is 11.5. The molecule has 2 rings (SSSR count). The molecule has 0 saturated carbocycles. The van der Waals surface area contributed by atoms with E-state index in [-0.39, 0.29) is 5.91 Å². The minimum absolute atomic E-state index is 0.198. The number of amides is 1. The molecule has 0 aliphatic heterocycles. The first kappa shape index (κ1) is 13.6. The van der Waals surface area contributed by atoms with Gasteiger partial charge in [0, 0.05) is 22.7 Å². The van der Waals surface area contributed by atoms with E-state index in [0.29, 0.717) is 27.4 Å². The van der Waals surface area contributed by atoms with Gasteiger partial charge in [0.1, 0.15) is 0 Å². The van der Waals surface area contributed by atoms with Crippen LogP contribution < -0.4 is 10.6 Å². The molecule has 2 N–H and O–H groups in total. The molecular formula is C12H10Cl2N4O. The number of carbonyl (C=O) groups is 1. The van der Waals surface area contributed by atoms with E-state index in [1.807, 2.05) is 0 Å². The molecule has 0 saturated heterocycles. The van der Waals surface area contributed by atoms with E-state index in [0.717, 1.165) is 0 Å². The summed E-state index contributed by atoms with van der Waals surface area (Å²) in [6.07, 6.45) is 0. The third kappa shape index (κ3) is 4.08. The minimum atomic E-state index is -0.198. The Morgan fingerprint density at radius 1 is 1.05 bits per heavy atom. The molecule has 7 heteroatoms. The molecule has 1 amide bonds. The maximum absolute atomic E-state index is 10.8. The fourth-order valence-electron chi connectivity index (χ4n) is 1.42. The van der Waals surface area contributed by atoms with Gasteiger partial charge in [-0.2, -0.15) is 0 Å². The molecule has 0 radical (unpaired) electrons. The standard InChI is InChI=1S/C12H10Cl2N4O/c1-7(19)15-11-2-3-12(18-17-11)16-10-5-8(13)4-9(14)6-10/h2-6H,1H3,(H,16,18)(H,15,17,19). The summed E-state index contributed by atoms with van der Waals surface area (Å²) < 4.78 is 0. The zero-order valence-electron chi connectivity index (χ0n) is 9.95. The second-order valence-corrected chi connectivity index (χ2v) is 4.64. The van der Waals surface area contributed by atoms with Gasteiger partial charge in [-0.1, -0.05) is 23.2 Å². The number of nitrogens with one attached hydrogen (secondary N) is 2. The third-order valence-electron chi connectivity index (χ3n) is 2.10. The van der Waals surface area contributed by atoms with Crippen molar-refractivity contribution in [2.45, 2.75) is 6.92 Å². The van der Waals surface area contributed by atoms with Crippen LogP contribution in [0, 0.1) is 0 Å². The van der Waals surface area contributed by atoms with Crippen LogP contribution in [-0.2, 0) is 4.79 Å². The number of hydrogen-bond acceptors (Lipinski definition) is 4. The van der Waals surface area contributed by atoms with Gasteiger partial charge in [-0.05, 0) is 30.3 Å². The number of rotatable bonds is 3. The predicted molar refractivity (Wildman–Crippen MR) is 76.1 cm³/mol. The molecule has 98 valence electrons. The number of hydrogen-bond donors (Lipinski definition) is 2. The van der Waals surface area contributed by atoms with Gasteiger partial charge >= 0.3 is 0 Å². The predicted octanol–water partition coefficient (Wildman–Crippen LogP) is 3.49. The van der Waals surface area contributed by atoms with Gasteiger partial charge in [0.2, 0.25) is 5.91 Å². The maximum atomic E-state index is 10.8.